The SMILES string of the molecule is CCOC(=O)C(=O)CC1SCCS1. The number of carbonyl (C=O) groups is 2. The van der Waals surface area contributed by atoms with Crippen LogP contribution in [0.15, 0.2) is 0 Å². The summed E-state index contributed by atoms with van der Waals surface area (Å²) in [5, 5.41) is 0. The molecule has 1 aliphatic rings. The molecule has 0 amide bonds. The molecular formula is C8H12O3S2. The predicted molar refractivity (Wildman–Crippen MR) is 55.0 cm³/mol. The van der Waals surface area contributed by atoms with Crippen LogP contribution in [0.5, 0.6) is 0 Å². The minimum atomic E-state index is -0.685. The first-order chi connectivity index (χ1) is 6.24. The van der Waals surface area contributed by atoms with Crippen LogP contribution in [0.25, 0.3) is 0 Å². The second kappa shape index (κ2) is 5.54. The number of rotatable bonds is 4. The maximum absolute atomic E-state index is 11.2. The molecule has 0 radical (unpaired) electrons. The Morgan fingerprint density at radius 1 is 1.38 bits per heavy atom. The van der Waals surface area contributed by atoms with Crippen molar-refractivity contribution in [2.24, 2.45) is 0 Å². The van der Waals surface area contributed by atoms with E-state index in [9.17, 15) is 9.59 Å². The molecule has 0 aromatic heterocycles. The van der Waals surface area contributed by atoms with E-state index in [1.807, 2.05) is 0 Å². The van der Waals surface area contributed by atoms with Crippen molar-refractivity contribution in [3.8, 4) is 0 Å². The van der Waals surface area contributed by atoms with E-state index in [1.54, 1.807) is 30.4 Å². The van der Waals surface area contributed by atoms with Gasteiger partial charge in [-0.05, 0) is 6.92 Å². The summed E-state index contributed by atoms with van der Waals surface area (Å²) < 4.78 is 4.87. The summed E-state index contributed by atoms with van der Waals surface area (Å²) in [6.45, 7) is 1.97. The predicted octanol–water partition coefficient (Wildman–Crippen LogP) is 1.31. The highest BCUT2D eigenvalue weighted by Crippen LogP contribution is 2.34. The maximum atomic E-state index is 11.2. The van der Waals surface area contributed by atoms with Crippen molar-refractivity contribution in [1.82, 2.24) is 0 Å². The molecule has 0 aromatic rings. The van der Waals surface area contributed by atoms with E-state index in [1.165, 1.54) is 0 Å². The van der Waals surface area contributed by atoms with Crippen LogP contribution in [0, 0.1) is 0 Å². The molecule has 0 unspecified atom stereocenters. The zero-order valence-electron chi connectivity index (χ0n) is 7.45. The third-order valence-corrected chi connectivity index (χ3v) is 4.58. The molecule has 0 bridgehead atoms. The molecule has 5 heteroatoms. The van der Waals surface area contributed by atoms with Gasteiger partial charge in [-0.2, -0.15) is 0 Å². The number of esters is 1. The van der Waals surface area contributed by atoms with Gasteiger partial charge in [0.25, 0.3) is 0 Å². The largest absolute Gasteiger partial charge is 0.460 e. The number of Topliss-reactive ketones (excluding diaryl/α,β-unsaturated/α-hetero) is 1. The normalized spacial score (nSPS) is 17.3. The lowest BCUT2D eigenvalue weighted by Gasteiger charge is -2.05. The lowest BCUT2D eigenvalue weighted by Crippen LogP contribution is -2.19. The topological polar surface area (TPSA) is 43.4 Å². The Morgan fingerprint density at radius 3 is 2.54 bits per heavy atom. The van der Waals surface area contributed by atoms with E-state index >= 15 is 0 Å². The quantitative estimate of drug-likeness (QED) is 0.528. The first kappa shape index (κ1) is 10.9. The summed E-state index contributed by atoms with van der Waals surface area (Å²) in [5.41, 5.74) is 0. The number of thioether (sulfide) groups is 2. The minimum Gasteiger partial charge on any atom is -0.460 e. The van der Waals surface area contributed by atoms with Gasteiger partial charge in [0.05, 0.1) is 11.2 Å². The number of ether oxygens (including phenoxy) is 1. The molecule has 1 heterocycles. The monoisotopic (exact) mass is 220 g/mol. The Kier molecular flexibility index (Phi) is 4.66. The van der Waals surface area contributed by atoms with Crippen LogP contribution < -0.4 is 0 Å². The van der Waals surface area contributed by atoms with E-state index in [0.29, 0.717) is 6.42 Å². The Balaban J connectivity index is 2.27. The highest BCUT2D eigenvalue weighted by atomic mass is 32.2. The van der Waals surface area contributed by atoms with Gasteiger partial charge in [0.2, 0.25) is 5.78 Å². The molecule has 0 aromatic carbocycles. The molecule has 0 spiro atoms. The molecule has 74 valence electrons. The molecule has 1 rings (SSSR count). The second-order valence-electron chi connectivity index (χ2n) is 2.52. The van der Waals surface area contributed by atoms with Gasteiger partial charge in [0.15, 0.2) is 0 Å². The molecule has 13 heavy (non-hydrogen) atoms. The molecule has 1 saturated heterocycles. The van der Waals surface area contributed by atoms with E-state index in [-0.39, 0.29) is 11.2 Å². The summed E-state index contributed by atoms with van der Waals surface area (Å²) in [6.07, 6.45) is 0.314. The summed E-state index contributed by atoms with van der Waals surface area (Å²) in [4.78, 5) is 22.1. The van der Waals surface area contributed by atoms with Gasteiger partial charge < -0.3 is 4.74 Å². The van der Waals surface area contributed by atoms with Gasteiger partial charge in [-0.1, -0.05) is 0 Å². The first-order valence-electron chi connectivity index (χ1n) is 4.17. The van der Waals surface area contributed by atoms with Crippen molar-refractivity contribution >= 4 is 35.3 Å². The lowest BCUT2D eigenvalue weighted by atomic mass is 10.3. The average Bonchev–Trinajstić information content (AvgIpc) is 2.57. The van der Waals surface area contributed by atoms with Gasteiger partial charge in [0, 0.05) is 17.9 Å². The molecule has 1 aliphatic heterocycles. The first-order valence-corrected chi connectivity index (χ1v) is 6.27. The van der Waals surface area contributed by atoms with E-state index in [2.05, 4.69) is 4.74 Å². The third kappa shape index (κ3) is 3.60. The maximum Gasteiger partial charge on any atom is 0.374 e. The van der Waals surface area contributed by atoms with Crippen LogP contribution in [-0.4, -0.2) is 34.4 Å². The molecule has 0 atom stereocenters. The van der Waals surface area contributed by atoms with Crippen LogP contribution in [0.3, 0.4) is 0 Å². The standard InChI is InChI=1S/C8H12O3S2/c1-2-11-8(10)6(9)5-7-12-3-4-13-7/h7H,2-5H2,1H3. The van der Waals surface area contributed by atoms with Gasteiger partial charge in [-0.3, -0.25) is 4.79 Å². The van der Waals surface area contributed by atoms with Crippen molar-refractivity contribution in [3.05, 3.63) is 0 Å². The summed E-state index contributed by atoms with van der Waals surface area (Å²) >= 11 is 3.48. The summed E-state index contributed by atoms with van der Waals surface area (Å²) in [7, 11) is 0. The Bertz CT molecular complexity index is 200. The molecule has 1 fully saturated rings. The highest BCUT2D eigenvalue weighted by Gasteiger charge is 2.24. The lowest BCUT2D eigenvalue weighted by molar-refractivity contribution is -0.153. The van der Waals surface area contributed by atoms with Crippen LogP contribution in [0.1, 0.15) is 13.3 Å². The second-order valence-corrected chi connectivity index (χ2v) is 5.44. The fourth-order valence-corrected chi connectivity index (χ4v) is 3.77. The summed E-state index contributed by atoms with van der Waals surface area (Å²) in [6, 6.07) is 0. The minimum absolute atomic E-state index is 0.261. The van der Waals surface area contributed by atoms with Crippen LogP contribution in [0.4, 0.5) is 0 Å². The highest BCUT2D eigenvalue weighted by molar-refractivity contribution is 8.20. The van der Waals surface area contributed by atoms with Gasteiger partial charge in [-0.15, -0.1) is 23.5 Å². The van der Waals surface area contributed by atoms with Crippen LogP contribution >= 0.6 is 23.5 Å². The molecule has 3 nitrogen and oxygen atoms in total. The Morgan fingerprint density at radius 2 is 2.00 bits per heavy atom. The molecular weight excluding hydrogens is 208 g/mol. The smallest absolute Gasteiger partial charge is 0.374 e. The van der Waals surface area contributed by atoms with E-state index in [4.69, 9.17) is 0 Å². The fraction of sp³-hybridized carbons (Fsp3) is 0.750. The van der Waals surface area contributed by atoms with Crippen molar-refractivity contribution in [2.45, 2.75) is 17.9 Å². The molecule has 0 saturated carbocycles. The molecule has 0 N–H and O–H groups in total. The summed E-state index contributed by atoms with van der Waals surface area (Å²) in [5.74, 6) is 1.07. The Labute approximate surface area is 86.0 Å². The van der Waals surface area contributed by atoms with Crippen molar-refractivity contribution in [1.29, 1.82) is 0 Å². The van der Waals surface area contributed by atoms with Crippen molar-refractivity contribution in [2.75, 3.05) is 18.1 Å². The van der Waals surface area contributed by atoms with Crippen molar-refractivity contribution < 1.29 is 14.3 Å². The third-order valence-electron chi connectivity index (χ3n) is 1.55. The number of carbonyl (C=O) groups excluding carboxylic acids is 2. The number of hydrogen-bond donors (Lipinski definition) is 0. The van der Waals surface area contributed by atoms with Gasteiger partial charge >= 0.3 is 5.97 Å². The van der Waals surface area contributed by atoms with Gasteiger partial charge in [-0.25, -0.2) is 4.79 Å². The van der Waals surface area contributed by atoms with Crippen molar-refractivity contribution in [3.63, 3.8) is 0 Å². The van der Waals surface area contributed by atoms with Crippen LogP contribution in [0.2, 0.25) is 0 Å². The average molecular weight is 220 g/mol. The zero-order chi connectivity index (χ0) is 9.68. The molecule has 0 aliphatic carbocycles. The zero-order valence-corrected chi connectivity index (χ0v) is 9.08. The van der Waals surface area contributed by atoms with Gasteiger partial charge in [0.1, 0.15) is 0 Å². The van der Waals surface area contributed by atoms with E-state index in [0.717, 1.165) is 11.5 Å². The van der Waals surface area contributed by atoms with E-state index < -0.39 is 11.8 Å². The number of hydrogen-bond acceptors (Lipinski definition) is 5. The number of ketones is 1. The Hall–Kier alpha value is -0.160. The fourth-order valence-electron chi connectivity index (χ4n) is 0.971. The van der Waals surface area contributed by atoms with Crippen LogP contribution in [-0.2, 0) is 14.3 Å².